The molecule has 2 aromatic rings. The maximum absolute atomic E-state index is 13.0. The molecular weight excluding hydrogens is 416 g/mol. The van der Waals surface area contributed by atoms with Gasteiger partial charge in [-0.15, -0.1) is 0 Å². The van der Waals surface area contributed by atoms with Crippen LogP contribution in [0.3, 0.4) is 0 Å². The van der Waals surface area contributed by atoms with Crippen molar-refractivity contribution in [2.24, 2.45) is 5.92 Å². The number of carbonyl (C=O) groups is 2. The van der Waals surface area contributed by atoms with Crippen LogP contribution < -0.4 is 5.32 Å². The van der Waals surface area contributed by atoms with Crippen LogP contribution in [0.2, 0.25) is 5.02 Å². The lowest BCUT2D eigenvalue weighted by Gasteiger charge is -2.29. The minimum Gasteiger partial charge on any atom is -0.354 e. The first kappa shape index (κ1) is 24.3. The van der Waals surface area contributed by atoms with Crippen LogP contribution in [0.1, 0.15) is 38.3 Å². The average molecular weight is 447 g/mol. The number of thioether (sulfide) groups is 1. The van der Waals surface area contributed by atoms with Crippen LogP contribution in [-0.2, 0) is 21.9 Å². The largest absolute Gasteiger partial charge is 0.354 e. The van der Waals surface area contributed by atoms with Gasteiger partial charge in [-0.25, -0.2) is 0 Å². The van der Waals surface area contributed by atoms with Gasteiger partial charge >= 0.3 is 0 Å². The van der Waals surface area contributed by atoms with Gasteiger partial charge < -0.3 is 10.2 Å². The molecule has 0 aliphatic carbocycles. The van der Waals surface area contributed by atoms with Gasteiger partial charge in [-0.05, 0) is 36.1 Å². The summed E-state index contributed by atoms with van der Waals surface area (Å²) in [7, 11) is 0. The van der Waals surface area contributed by atoms with Gasteiger partial charge in [0.15, 0.2) is 0 Å². The third-order valence-corrected chi connectivity index (χ3v) is 5.97. The first-order chi connectivity index (χ1) is 14.4. The Morgan fingerprint density at radius 2 is 1.67 bits per heavy atom. The quantitative estimate of drug-likeness (QED) is 0.485. The standard InChI is InChI=1S/C24H31ClN2O2S/c1-18(2)15-26-24(29)19(3)27(16-20-9-11-22(25)12-10-20)23(28)13-14-30-17-21-7-5-4-6-8-21/h4-12,18-19H,13-17H2,1-3H3,(H,26,29). The Labute approximate surface area is 189 Å². The lowest BCUT2D eigenvalue weighted by molar-refractivity contribution is -0.140. The highest BCUT2D eigenvalue weighted by Gasteiger charge is 2.25. The van der Waals surface area contributed by atoms with Crippen LogP contribution >= 0.6 is 23.4 Å². The van der Waals surface area contributed by atoms with Crippen molar-refractivity contribution in [3.05, 3.63) is 70.7 Å². The molecule has 2 rings (SSSR count). The molecule has 0 aliphatic rings. The van der Waals surface area contributed by atoms with E-state index in [0.717, 1.165) is 11.3 Å². The van der Waals surface area contributed by atoms with Gasteiger partial charge in [-0.3, -0.25) is 9.59 Å². The highest BCUT2D eigenvalue weighted by Crippen LogP contribution is 2.17. The third kappa shape index (κ3) is 8.41. The van der Waals surface area contributed by atoms with Crippen LogP contribution in [-0.4, -0.2) is 35.1 Å². The van der Waals surface area contributed by atoms with Crippen molar-refractivity contribution in [2.75, 3.05) is 12.3 Å². The Bertz CT molecular complexity index is 797. The van der Waals surface area contributed by atoms with Gasteiger partial charge in [0, 0.05) is 36.0 Å². The second-order valence-electron chi connectivity index (χ2n) is 7.75. The van der Waals surface area contributed by atoms with Crippen molar-refractivity contribution in [3.8, 4) is 0 Å². The molecule has 4 nitrogen and oxygen atoms in total. The number of benzene rings is 2. The number of hydrogen-bond acceptors (Lipinski definition) is 3. The molecule has 1 N–H and O–H groups in total. The molecule has 2 aromatic carbocycles. The maximum Gasteiger partial charge on any atom is 0.242 e. The number of nitrogens with zero attached hydrogens (tertiary/aromatic N) is 1. The summed E-state index contributed by atoms with van der Waals surface area (Å²) in [5.41, 5.74) is 2.20. The summed E-state index contributed by atoms with van der Waals surface area (Å²) in [6, 6.07) is 17.1. The van der Waals surface area contributed by atoms with Gasteiger partial charge in [0.05, 0.1) is 0 Å². The molecule has 162 valence electrons. The predicted octanol–water partition coefficient (Wildman–Crippen LogP) is 5.15. The Balaban J connectivity index is 1.98. The number of nitrogens with one attached hydrogen (secondary N) is 1. The molecule has 0 heterocycles. The second-order valence-corrected chi connectivity index (χ2v) is 9.29. The number of rotatable bonds is 11. The van der Waals surface area contributed by atoms with Crippen LogP contribution in [0, 0.1) is 5.92 Å². The lowest BCUT2D eigenvalue weighted by Crippen LogP contribution is -2.48. The average Bonchev–Trinajstić information content (AvgIpc) is 2.74. The number of hydrogen-bond donors (Lipinski definition) is 1. The van der Waals surface area contributed by atoms with Crippen molar-refractivity contribution >= 4 is 35.2 Å². The summed E-state index contributed by atoms with van der Waals surface area (Å²) >= 11 is 7.71. The van der Waals surface area contributed by atoms with E-state index in [1.54, 1.807) is 35.7 Å². The minimum absolute atomic E-state index is 0.0160. The Morgan fingerprint density at radius 1 is 1.00 bits per heavy atom. The van der Waals surface area contributed by atoms with Crippen molar-refractivity contribution in [1.82, 2.24) is 10.2 Å². The van der Waals surface area contributed by atoms with Crippen molar-refractivity contribution < 1.29 is 9.59 Å². The lowest BCUT2D eigenvalue weighted by atomic mass is 10.1. The second kappa shape index (κ2) is 12.7. The van der Waals surface area contributed by atoms with Crippen LogP contribution in [0.5, 0.6) is 0 Å². The van der Waals surface area contributed by atoms with Gasteiger partial charge in [0.2, 0.25) is 11.8 Å². The van der Waals surface area contributed by atoms with E-state index >= 15 is 0 Å². The number of amides is 2. The van der Waals surface area contributed by atoms with Crippen molar-refractivity contribution in [2.45, 2.75) is 45.5 Å². The van der Waals surface area contributed by atoms with Gasteiger partial charge in [-0.1, -0.05) is 67.9 Å². The van der Waals surface area contributed by atoms with E-state index in [2.05, 4.69) is 17.4 Å². The Kier molecular flexibility index (Phi) is 10.2. The summed E-state index contributed by atoms with van der Waals surface area (Å²) in [6.07, 6.45) is 0.396. The van der Waals surface area contributed by atoms with E-state index in [9.17, 15) is 9.59 Å². The molecule has 0 saturated heterocycles. The monoisotopic (exact) mass is 446 g/mol. The highest BCUT2D eigenvalue weighted by atomic mass is 35.5. The fourth-order valence-corrected chi connectivity index (χ4v) is 3.91. The molecule has 0 aliphatic heterocycles. The van der Waals surface area contributed by atoms with E-state index < -0.39 is 6.04 Å². The van der Waals surface area contributed by atoms with Crippen LogP contribution in [0.25, 0.3) is 0 Å². The van der Waals surface area contributed by atoms with E-state index in [1.807, 2.05) is 44.2 Å². The number of halogens is 1. The SMILES string of the molecule is CC(C)CNC(=O)C(C)N(Cc1ccc(Cl)cc1)C(=O)CCSCc1ccccc1. The molecule has 0 radical (unpaired) electrons. The summed E-state index contributed by atoms with van der Waals surface area (Å²) in [4.78, 5) is 27.3. The topological polar surface area (TPSA) is 49.4 Å². The third-order valence-electron chi connectivity index (χ3n) is 4.69. The van der Waals surface area contributed by atoms with Crippen LogP contribution in [0.15, 0.2) is 54.6 Å². The Morgan fingerprint density at radius 3 is 2.30 bits per heavy atom. The first-order valence-electron chi connectivity index (χ1n) is 10.3. The van der Waals surface area contributed by atoms with Crippen LogP contribution in [0.4, 0.5) is 0 Å². The molecular formula is C24H31ClN2O2S. The van der Waals surface area contributed by atoms with E-state index in [4.69, 9.17) is 11.6 Å². The molecule has 0 spiro atoms. The van der Waals surface area contributed by atoms with Crippen molar-refractivity contribution in [1.29, 1.82) is 0 Å². The molecule has 30 heavy (non-hydrogen) atoms. The zero-order valence-corrected chi connectivity index (χ0v) is 19.5. The fraction of sp³-hybridized carbons (Fsp3) is 0.417. The number of carbonyl (C=O) groups excluding carboxylic acids is 2. The fourth-order valence-electron chi connectivity index (χ4n) is 2.89. The molecule has 1 atom stereocenters. The summed E-state index contributed by atoms with van der Waals surface area (Å²) in [6.45, 7) is 6.87. The summed E-state index contributed by atoms with van der Waals surface area (Å²) < 4.78 is 0. The summed E-state index contributed by atoms with van der Waals surface area (Å²) in [5.74, 6) is 1.80. The normalized spacial score (nSPS) is 11.9. The smallest absolute Gasteiger partial charge is 0.242 e. The molecule has 0 fully saturated rings. The predicted molar refractivity (Wildman–Crippen MR) is 127 cm³/mol. The van der Waals surface area contributed by atoms with Gasteiger partial charge in [0.25, 0.3) is 0 Å². The zero-order valence-electron chi connectivity index (χ0n) is 17.9. The van der Waals surface area contributed by atoms with E-state index in [0.29, 0.717) is 36.2 Å². The van der Waals surface area contributed by atoms with Gasteiger partial charge in [0.1, 0.15) is 6.04 Å². The molecule has 0 saturated carbocycles. The maximum atomic E-state index is 13.0. The first-order valence-corrected chi connectivity index (χ1v) is 11.8. The highest BCUT2D eigenvalue weighted by molar-refractivity contribution is 7.98. The molecule has 0 bridgehead atoms. The van der Waals surface area contributed by atoms with Gasteiger partial charge in [-0.2, -0.15) is 11.8 Å². The molecule has 0 aromatic heterocycles. The van der Waals surface area contributed by atoms with E-state index in [-0.39, 0.29) is 11.8 Å². The summed E-state index contributed by atoms with van der Waals surface area (Å²) in [5, 5.41) is 3.59. The zero-order chi connectivity index (χ0) is 21.9. The molecule has 2 amide bonds. The van der Waals surface area contributed by atoms with Crippen molar-refractivity contribution in [3.63, 3.8) is 0 Å². The Hall–Kier alpha value is -1.98. The van der Waals surface area contributed by atoms with E-state index in [1.165, 1.54) is 5.56 Å². The minimum atomic E-state index is -0.536. The molecule has 1 unspecified atom stereocenters. The molecule has 6 heteroatoms.